The van der Waals surface area contributed by atoms with Gasteiger partial charge in [0.15, 0.2) is 17.3 Å². The first-order valence-corrected chi connectivity index (χ1v) is 12.3. The van der Waals surface area contributed by atoms with Gasteiger partial charge in [-0.15, -0.1) is 0 Å². The number of benzene rings is 3. The Morgan fingerprint density at radius 2 is 1.54 bits per heavy atom. The Balaban J connectivity index is 1.54. The Kier molecular flexibility index (Phi) is 4.66. The van der Waals surface area contributed by atoms with Crippen molar-refractivity contribution < 1.29 is 18.8 Å². The Labute approximate surface area is 217 Å². The smallest absolute Gasteiger partial charge is 0.187 e. The molecular weight excluding hydrogens is 488 g/mol. The molecule has 1 fully saturated rings. The lowest BCUT2D eigenvalue weighted by atomic mass is 9.64. The molecule has 0 unspecified atom stereocenters. The van der Waals surface area contributed by atoms with Crippen molar-refractivity contribution in [3.63, 3.8) is 0 Å². The van der Waals surface area contributed by atoms with Crippen LogP contribution >= 0.6 is 11.6 Å². The molecular formula is C30H19ClN2O4. The van der Waals surface area contributed by atoms with Gasteiger partial charge >= 0.3 is 0 Å². The number of fused-ring (bicyclic) bond motifs is 5. The fraction of sp³-hybridized carbons (Fsp3) is 0.133. The zero-order chi connectivity index (χ0) is 25.3. The second-order valence-corrected chi connectivity index (χ2v) is 9.97. The number of ketones is 3. The molecule has 0 N–H and O–H groups in total. The monoisotopic (exact) mass is 506 g/mol. The summed E-state index contributed by atoms with van der Waals surface area (Å²) >= 11 is 6.09. The van der Waals surface area contributed by atoms with Crippen molar-refractivity contribution in [2.75, 3.05) is 0 Å². The van der Waals surface area contributed by atoms with Gasteiger partial charge in [-0.2, -0.15) is 5.10 Å². The van der Waals surface area contributed by atoms with Crippen LogP contribution in [-0.2, 0) is 0 Å². The van der Waals surface area contributed by atoms with Crippen molar-refractivity contribution in [1.82, 2.24) is 5.01 Å². The molecule has 3 aliphatic rings. The van der Waals surface area contributed by atoms with Crippen molar-refractivity contribution in [1.29, 1.82) is 0 Å². The number of hydrogen-bond donors (Lipinski definition) is 0. The minimum atomic E-state index is -1.64. The minimum absolute atomic E-state index is 0.270. The maximum Gasteiger partial charge on any atom is 0.187 e. The quantitative estimate of drug-likeness (QED) is 0.261. The van der Waals surface area contributed by atoms with E-state index in [0.29, 0.717) is 27.5 Å². The molecule has 1 saturated heterocycles. The van der Waals surface area contributed by atoms with Gasteiger partial charge in [-0.05, 0) is 47.5 Å². The van der Waals surface area contributed by atoms with Crippen molar-refractivity contribution in [2.45, 2.75) is 18.0 Å². The maximum atomic E-state index is 14.5. The van der Waals surface area contributed by atoms with E-state index in [1.54, 1.807) is 71.9 Å². The number of rotatable bonds is 3. The molecule has 3 atom stereocenters. The van der Waals surface area contributed by atoms with Crippen LogP contribution in [0.1, 0.15) is 59.9 Å². The standard InChI is InChI=1S/C30H19ClN2O4/c31-19-13-11-17(12-14-19)26(34)25-24(23-10-5-15-37-23)30(28(35)21-8-3-4-9-22(21)29(30)36)27-20-7-2-1-6-18(20)16-32-33(25)27/h1-16,24-25,27H/t24-,25+,27+/m1/s1. The molecule has 1 aromatic heterocycles. The van der Waals surface area contributed by atoms with E-state index in [-0.39, 0.29) is 17.3 Å². The average molecular weight is 507 g/mol. The zero-order valence-corrected chi connectivity index (χ0v) is 20.1. The summed E-state index contributed by atoms with van der Waals surface area (Å²) in [5, 5.41) is 6.85. The van der Waals surface area contributed by atoms with E-state index < -0.39 is 23.4 Å². The summed E-state index contributed by atoms with van der Waals surface area (Å²) in [7, 11) is 0. The van der Waals surface area contributed by atoms with Gasteiger partial charge in [-0.3, -0.25) is 19.4 Å². The van der Waals surface area contributed by atoms with E-state index >= 15 is 0 Å². The van der Waals surface area contributed by atoms with Crippen LogP contribution in [0.2, 0.25) is 5.02 Å². The summed E-state index contributed by atoms with van der Waals surface area (Å²) in [6.45, 7) is 0. The van der Waals surface area contributed by atoms with Gasteiger partial charge in [0.25, 0.3) is 0 Å². The van der Waals surface area contributed by atoms with Crippen LogP contribution in [0.4, 0.5) is 0 Å². The molecule has 7 heteroatoms. The number of carbonyl (C=O) groups excluding carboxylic acids is 3. The van der Waals surface area contributed by atoms with E-state index in [2.05, 4.69) is 0 Å². The lowest BCUT2D eigenvalue weighted by molar-refractivity contribution is 0.0579. The fourth-order valence-electron chi connectivity index (χ4n) is 6.34. The summed E-state index contributed by atoms with van der Waals surface area (Å²) in [6, 6.07) is 22.7. The topological polar surface area (TPSA) is 79.9 Å². The molecule has 2 aliphatic heterocycles. The van der Waals surface area contributed by atoms with Crippen LogP contribution < -0.4 is 0 Å². The lowest BCUT2D eigenvalue weighted by Crippen LogP contribution is -2.43. The van der Waals surface area contributed by atoms with Gasteiger partial charge < -0.3 is 4.42 Å². The first kappa shape index (κ1) is 21.9. The second kappa shape index (κ2) is 7.85. The Morgan fingerprint density at radius 1 is 0.865 bits per heavy atom. The number of hydrogen-bond acceptors (Lipinski definition) is 6. The van der Waals surface area contributed by atoms with Crippen LogP contribution in [0.5, 0.6) is 0 Å². The van der Waals surface area contributed by atoms with Crippen LogP contribution in [-0.4, -0.2) is 34.6 Å². The van der Waals surface area contributed by atoms with Gasteiger partial charge in [-0.25, -0.2) is 0 Å². The normalized spacial score (nSPS) is 22.7. The van der Waals surface area contributed by atoms with E-state index in [1.807, 2.05) is 24.3 Å². The third kappa shape index (κ3) is 2.82. The number of hydrazone groups is 1. The van der Waals surface area contributed by atoms with Crippen LogP contribution in [0.3, 0.4) is 0 Å². The van der Waals surface area contributed by atoms with Gasteiger partial charge in [0, 0.05) is 21.7 Å². The lowest BCUT2D eigenvalue weighted by Gasteiger charge is -2.36. The minimum Gasteiger partial charge on any atom is -0.469 e. The highest BCUT2D eigenvalue weighted by Crippen LogP contribution is 2.64. The molecule has 1 aliphatic carbocycles. The first-order valence-electron chi connectivity index (χ1n) is 12.0. The molecule has 3 heterocycles. The Hall–Kier alpha value is -4.29. The molecule has 0 radical (unpaired) electrons. The Bertz CT molecular complexity index is 1590. The molecule has 0 saturated carbocycles. The summed E-state index contributed by atoms with van der Waals surface area (Å²) in [5.41, 5.74) is 1.06. The zero-order valence-electron chi connectivity index (χ0n) is 19.4. The predicted molar refractivity (Wildman–Crippen MR) is 137 cm³/mol. The van der Waals surface area contributed by atoms with E-state index in [4.69, 9.17) is 21.1 Å². The molecule has 180 valence electrons. The van der Waals surface area contributed by atoms with Gasteiger partial charge in [0.2, 0.25) is 0 Å². The number of Topliss-reactive ketones (excluding diaryl/α,β-unsaturated/α-hetero) is 3. The molecule has 0 amide bonds. The number of halogens is 1. The first-order chi connectivity index (χ1) is 18.0. The van der Waals surface area contributed by atoms with Gasteiger partial charge in [0.05, 0.1) is 24.4 Å². The van der Waals surface area contributed by atoms with Crippen LogP contribution in [0.25, 0.3) is 0 Å². The molecule has 37 heavy (non-hydrogen) atoms. The van der Waals surface area contributed by atoms with Crippen LogP contribution in [0, 0.1) is 5.41 Å². The molecule has 0 bridgehead atoms. The van der Waals surface area contributed by atoms with Crippen LogP contribution in [0.15, 0.2) is 101 Å². The highest BCUT2D eigenvalue weighted by Gasteiger charge is 2.73. The third-order valence-electron chi connectivity index (χ3n) is 7.82. The second-order valence-electron chi connectivity index (χ2n) is 9.54. The number of carbonyl (C=O) groups is 3. The third-order valence-corrected chi connectivity index (χ3v) is 8.07. The van der Waals surface area contributed by atoms with Crippen molar-refractivity contribution in [2.24, 2.45) is 10.5 Å². The summed E-state index contributed by atoms with van der Waals surface area (Å²) < 4.78 is 5.87. The highest BCUT2D eigenvalue weighted by molar-refractivity contribution is 6.32. The molecule has 3 aromatic carbocycles. The maximum absolute atomic E-state index is 14.5. The average Bonchev–Trinajstić information content (AvgIpc) is 3.62. The molecule has 1 spiro atoms. The van der Waals surface area contributed by atoms with E-state index in [1.165, 1.54) is 6.26 Å². The SMILES string of the molecule is O=C(c1ccc(Cl)cc1)[C@@H]1[C@@H](c2ccco2)C2(C(=O)c3ccccc3C2=O)[C@@H]2c3ccccc3C=NN12. The van der Waals surface area contributed by atoms with E-state index in [0.717, 1.165) is 11.1 Å². The van der Waals surface area contributed by atoms with Gasteiger partial charge in [0.1, 0.15) is 17.2 Å². The summed E-state index contributed by atoms with van der Waals surface area (Å²) in [5.74, 6) is -1.42. The van der Waals surface area contributed by atoms with Crippen molar-refractivity contribution in [3.8, 4) is 0 Å². The highest BCUT2D eigenvalue weighted by atomic mass is 35.5. The van der Waals surface area contributed by atoms with E-state index in [9.17, 15) is 14.4 Å². The molecule has 4 aromatic rings. The largest absolute Gasteiger partial charge is 0.469 e. The Morgan fingerprint density at radius 3 is 2.22 bits per heavy atom. The van der Waals surface area contributed by atoms with Crippen molar-refractivity contribution in [3.05, 3.63) is 130 Å². The summed E-state index contributed by atoms with van der Waals surface area (Å²) in [6.07, 6.45) is 3.18. The van der Waals surface area contributed by atoms with Crippen molar-refractivity contribution >= 4 is 35.2 Å². The molecule has 7 rings (SSSR count). The number of nitrogens with zero attached hydrogens (tertiary/aromatic N) is 2. The molecule has 6 nitrogen and oxygen atoms in total. The summed E-state index contributed by atoms with van der Waals surface area (Å²) in [4.78, 5) is 43.2. The predicted octanol–water partition coefficient (Wildman–Crippen LogP) is 5.74. The van der Waals surface area contributed by atoms with Gasteiger partial charge in [-0.1, -0.05) is 60.1 Å². The number of furan rings is 1. The fourth-order valence-corrected chi connectivity index (χ4v) is 6.46.